The van der Waals surface area contributed by atoms with Crippen LogP contribution in [0.5, 0.6) is 0 Å². The molecule has 1 aliphatic rings. The topological polar surface area (TPSA) is 74.2 Å². The average Bonchev–Trinajstić information content (AvgIpc) is 2.83. The summed E-state index contributed by atoms with van der Waals surface area (Å²) in [6, 6.07) is 4.80. The third-order valence-corrected chi connectivity index (χ3v) is 6.74. The molecule has 1 aromatic carbocycles. The highest BCUT2D eigenvalue weighted by molar-refractivity contribution is 8.03. The molecule has 11 heteroatoms. The van der Waals surface area contributed by atoms with Gasteiger partial charge in [-0.15, -0.1) is 11.8 Å². The van der Waals surface area contributed by atoms with Crippen LogP contribution in [0.1, 0.15) is 57.9 Å². The van der Waals surface area contributed by atoms with Crippen LogP contribution in [0.4, 0.5) is 22.0 Å². The van der Waals surface area contributed by atoms with Crippen molar-refractivity contribution in [2.24, 2.45) is 0 Å². The van der Waals surface area contributed by atoms with Gasteiger partial charge in [-0.05, 0) is 44.6 Å². The van der Waals surface area contributed by atoms with Gasteiger partial charge in [0.15, 0.2) is 0 Å². The summed E-state index contributed by atoms with van der Waals surface area (Å²) in [7, 11) is 1.45. The van der Waals surface area contributed by atoms with Gasteiger partial charge in [-0.1, -0.05) is 25.5 Å². The molecular weight excluding hydrogens is 525 g/mol. The molecule has 5 nitrogen and oxygen atoms in total. The maximum Gasteiger partial charge on any atom is 0.389 e. The van der Waals surface area contributed by atoms with Crippen molar-refractivity contribution in [1.82, 2.24) is 10.6 Å². The van der Waals surface area contributed by atoms with Gasteiger partial charge in [0, 0.05) is 29.3 Å². The van der Waals surface area contributed by atoms with Gasteiger partial charge in [-0.3, -0.25) is 4.79 Å². The predicted molar refractivity (Wildman–Crippen MR) is 137 cm³/mol. The number of hydrogen-bond donors (Lipinski definition) is 2. The number of hydrogen-bond acceptors (Lipinski definition) is 5. The van der Waals surface area contributed by atoms with Crippen LogP contribution < -0.4 is 10.6 Å². The summed E-state index contributed by atoms with van der Waals surface area (Å²) < 4.78 is 71.7. The van der Waals surface area contributed by atoms with Gasteiger partial charge in [-0.2, -0.15) is 18.4 Å². The van der Waals surface area contributed by atoms with Gasteiger partial charge in [0.25, 0.3) is 5.91 Å². The quantitative estimate of drug-likeness (QED) is 0.132. The first-order valence-corrected chi connectivity index (χ1v) is 12.9. The molecule has 206 valence electrons. The predicted octanol–water partition coefficient (Wildman–Crippen LogP) is 7.09. The molecule has 1 heterocycles. The number of benzene rings is 1. The van der Waals surface area contributed by atoms with E-state index in [-0.39, 0.29) is 39.6 Å². The number of nitrogens with zero attached hydrogens (tertiary/aromatic N) is 1. The number of nitrogens with one attached hydrogen (secondary N) is 2. The minimum absolute atomic E-state index is 0.0130. The van der Waals surface area contributed by atoms with Crippen molar-refractivity contribution in [3.8, 4) is 6.07 Å². The molecule has 0 spiro atoms. The van der Waals surface area contributed by atoms with Crippen LogP contribution in [0.2, 0.25) is 0 Å². The van der Waals surface area contributed by atoms with E-state index < -0.39 is 36.1 Å². The number of alkyl halides is 3. The normalized spacial score (nSPS) is 16.8. The molecule has 1 aromatic rings. The second-order valence-electron chi connectivity index (χ2n) is 8.52. The number of thioether (sulfide) groups is 1. The highest BCUT2D eigenvalue weighted by atomic mass is 32.2. The van der Waals surface area contributed by atoms with E-state index in [0.717, 1.165) is 36.7 Å². The summed E-state index contributed by atoms with van der Waals surface area (Å²) in [5, 5.41) is 15.9. The first-order chi connectivity index (χ1) is 17.9. The Hall–Kier alpha value is -3.26. The summed E-state index contributed by atoms with van der Waals surface area (Å²) in [6.07, 6.45) is -0.183. The summed E-state index contributed by atoms with van der Waals surface area (Å²) in [6.45, 7) is 5.18. The van der Waals surface area contributed by atoms with Crippen molar-refractivity contribution < 1.29 is 31.5 Å². The Labute approximate surface area is 223 Å². The van der Waals surface area contributed by atoms with E-state index in [0.29, 0.717) is 17.5 Å². The number of allylic oxidation sites excluding steroid dienone is 5. The molecule has 0 bridgehead atoms. The molecule has 1 amide bonds. The Bertz CT molecular complexity index is 1200. The zero-order valence-corrected chi connectivity index (χ0v) is 22.4. The molecular formula is C27H30F5N3O2S. The number of nitriles is 1. The maximum atomic E-state index is 15.0. The van der Waals surface area contributed by atoms with E-state index in [2.05, 4.69) is 10.6 Å². The number of amides is 1. The van der Waals surface area contributed by atoms with Crippen LogP contribution >= 0.6 is 11.8 Å². The van der Waals surface area contributed by atoms with Gasteiger partial charge in [0.2, 0.25) is 0 Å². The van der Waals surface area contributed by atoms with E-state index in [4.69, 9.17) is 4.74 Å². The van der Waals surface area contributed by atoms with Crippen LogP contribution in [0.15, 0.2) is 63.7 Å². The van der Waals surface area contributed by atoms with E-state index in [1.807, 2.05) is 19.1 Å². The van der Waals surface area contributed by atoms with Crippen LogP contribution in [-0.4, -0.2) is 24.9 Å². The lowest BCUT2D eigenvalue weighted by Gasteiger charge is -2.30. The zero-order valence-electron chi connectivity index (χ0n) is 21.6. The van der Waals surface area contributed by atoms with Crippen LogP contribution in [0, 0.1) is 23.0 Å². The average molecular weight is 556 g/mol. The van der Waals surface area contributed by atoms with Crippen LogP contribution in [0.25, 0.3) is 0 Å². The van der Waals surface area contributed by atoms with Crippen molar-refractivity contribution in [3.63, 3.8) is 0 Å². The monoisotopic (exact) mass is 555 g/mol. The van der Waals surface area contributed by atoms with Gasteiger partial charge in [0.05, 0.1) is 35.4 Å². The number of ether oxygens (including phenoxy) is 1. The molecule has 0 radical (unpaired) electrons. The molecule has 2 N–H and O–H groups in total. The third-order valence-electron chi connectivity index (χ3n) is 5.63. The Kier molecular flexibility index (Phi) is 11.4. The fourth-order valence-corrected chi connectivity index (χ4v) is 4.86. The van der Waals surface area contributed by atoms with Crippen molar-refractivity contribution in [2.75, 3.05) is 12.9 Å². The zero-order chi connectivity index (χ0) is 28.5. The number of carbonyl (C=O) groups is 1. The minimum Gasteiger partial charge on any atom is -0.495 e. The Balaban J connectivity index is 2.51. The highest BCUT2D eigenvalue weighted by Gasteiger charge is 2.36. The Morgan fingerprint density at radius 2 is 2.03 bits per heavy atom. The summed E-state index contributed by atoms with van der Waals surface area (Å²) >= 11 is 0.974. The molecule has 1 unspecified atom stereocenters. The number of carbonyl (C=O) groups excluding carboxylic acids is 1. The molecule has 38 heavy (non-hydrogen) atoms. The molecule has 1 aliphatic heterocycles. The second-order valence-corrected chi connectivity index (χ2v) is 9.63. The molecule has 2 rings (SSSR count). The van der Waals surface area contributed by atoms with E-state index in [1.165, 1.54) is 7.11 Å². The lowest BCUT2D eigenvalue weighted by atomic mass is 9.81. The number of methoxy groups -OCH3 is 1. The molecule has 0 aromatic heterocycles. The highest BCUT2D eigenvalue weighted by Crippen LogP contribution is 2.42. The number of dihydropyridines is 1. The first kappa shape index (κ1) is 31.0. The Morgan fingerprint density at radius 1 is 1.32 bits per heavy atom. The van der Waals surface area contributed by atoms with Gasteiger partial charge >= 0.3 is 6.18 Å². The van der Waals surface area contributed by atoms with E-state index in [1.54, 1.807) is 19.9 Å². The molecule has 0 fully saturated rings. The third kappa shape index (κ3) is 8.38. The number of halogens is 5. The van der Waals surface area contributed by atoms with Crippen LogP contribution in [0.3, 0.4) is 0 Å². The van der Waals surface area contributed by atoms with Crippen molar-refractivity contribution in [3.05, 3.63) is 80.9 Å². The number of rotatable bonds is 11. The summed E-state index contributed by atoms with van der Waals surface area (Å²) in [5.74, 6) is -3.23. The van der Waals surface area contributed by atoms with E-state index in [9.17, 15) is 32.0 Å². The van der Waals surface area contributed by atoms with Gasteiger partial charge < -0.3 is 15.4 Å². The van der Waals surface area contributed by atoms with E-state index >= 15 is 0 Å². The smallest absolute Gasteiger partial charge is 0.389 e. The maximum absolute atomic E-state index is 15.0. The van der Waals surface area contributed by atoms with Crippen molar-refractivity contribution in [2.45, 2.75) is 58.5 Å². The minimum atomic E-state index is -4.31. The molecule has 0 saturated heterocycles. The fraction of sp³-hybridized carbons (Fsp3) is 0.407. The molecule has 1 atom stereocenters. The molecule has 0 saturated carbocycles. The van der Waals surface area contributed by atoms with Crippen LogP contribution in [-0.2, 0) is 9.53 Å². The Morgan fingerprint density at radius 3 is 2.61 bits per heavy atom. The summed E-state index contributed by atoms with van der Waals surface area (Å²) in [5.41, 5.74) is 0.498. The largest absolute Gasteiger partial charge is 0.495 e. The standard InChI is InChI=1S/C27H30F5N3O2S/c1-5-6-7-9-22(37-4)16(2)34-25(36)23-17(3)35-26(38-13-8-12-27(30,31)32)20(15-33)24(23)19-11-10-18(28)14-21(19)29/h7,9-11,14,24,35H,5-6,8,12-13H2,1-4H3,(H,34,36)/b9-7-,22-16-. The lowest BCUT2D eigenvalue weighted by Crippen LogP contribution is -2.34. The fourth-order valence-electron chi connectivity index (χ4n) is 3.82. The first-order valence-electron chi connectivity index (χ1n) is 11.9. The lowest BCUT2D eigenvalue weighted by molar-refractivity contribution is -0.134. The SMILES string of the molecule is CCC/C=C\C(OC)=C(/C)NC(=O)C1=C(C)NC(SCCCC(F)(F)F)=C(C#N)C1c1ccc(F)cc1F. The number of unbranched alkanes of at least 4 members (excludes halogenated alkanes) is 1. The molecule has 0 aliphatic carbocycles. The van der Waals surface area contributed by atoms with Gasteiger partial charge in [-0.25, -0.2) is 8.78 Å². The van der Waals surface area contributed by atoms with Crippen molar-refractivity contribution in [1.29, 1.82) is 5.26 Å². The van der Waals surface area contributed by atoms with Crippen molar-refractivity contribution >= 4 is 17.7 Å². The summed E-state index contributed by atoms with van der Waals surface area (Å²) in [4.78, 5) is 13.5. The second kappa shape index (κ2) is 14.0. The van der Waals surface area contributed by atoms with Gasteiger partial charge in [0.1, 0.15) is 17.4 Å².